The Morgan fingerprint density at radius 1 is 1.03 bits per heavy atom. The Bertz CT molecular complexity index is 979. The molecule has 0 saturated heterocycles. The predicted molar refractivity (Wildman–Crippen MR) is 126 cm³/mol. The van der Waals surface area contributed by atoms with Gasteiger partial charge in [-0.2, -0.15) is 0 Å². The SMILES string of the molecule is CCN(CC)C(CNC(=O)c1cc(S(=O)(=O)NC(C)(C)C)ccc1C)c1ccccc1. The number of amides is 1. The lowest BCUT2D eigenvalue weighted by molar-refractivity contribution is 0.0934. The normalized spacial score (nSPS) is 13.3. The Kier molecular flexibility index (Phi) is 8.40. The highest BCUT2D eigenvalue weighted by atomic mass is 32.2. The minimum absolute atomic E-state index is 0.0370. The van der Waals surface area contributed by atoms with Crippen molar-refractivity contribution in [1.82, 2.24) is 14.9 Å². The maximum atomic E-state index is 13.0. The number of nitrogens with zero attached hydrogens (tertiary/aromatic N) is 1. The summed E-state index contributed by atoms with van der Waals surface area (Å²) in [4.78, 5) is 15.4. The molecule has 0 bridgehead atoms. The van der Waals surface area contributed by atoms with E-state index in [1.165, 1.54) is 12.1 Å². The smallest absolute Gasteiger partial charge is 0.251 e. The Morgan fingerprint density at radius 2 is 1.65 bits per heavy atom. The summed E-state index contributed by atoms with van der Waals surface area (Å²) in [7, 11) is -3.72. The van der Waals surface area contributed by atoms with Gasteiger partial charge in [0.2, 0.25) is 10.0 Å². The lowest BCUT2D eigenvalue weighted by Crippen LogP contribution is -2.40. The fraction of sp³-hybridized carbons (Fsp3) is 0.458. The average molecular weight is 446 g/mol. The zero-order chi connectivity index (χ0) is 23.2. The molecule has 0 spiro atoms. The summed E-state index contributed by atoms with van der Waals surface area (Å²) in [5.74, 6) is -0.279. The predicted octanol–water partition coefficient (Wildman–Crippen LogP) is 3.88. The minimum atomic E-state index is -3.72. The van der Waals surface area contributed by atoms with Crippen LogP contribution in [0.5, 0.6) is 0 Å². The molecule has 31 heavy (non-hydrogen) atoms. The molecule has 0 aliphatic rings. The number of carbonyl (C=O) groups is 1. The molecule has 1 unspecified atom stereocenters. The number of aryl methyl sites for hydroxylation is 1. The summed E-state index contributed by atoms with van der Waals surface area (Å²) in [5, 5.41) is 3.02. The van der Waals surface area contributed by atoms with Crippen LogP contribution < -0.4 is 10.0 Å². The van der Waals surface area contributed by atoms with Gasteiger partial charge in [0.05, 0.1) is 10.9 Å². The topological polar surface area (TPSA) is 78.5 Å². The van der Waals surface area contributed by atoms with Crippen LogP contribution in [0.3, 0.4) is 0 Å². The summed E-state index contributed by atoms with van der Waals surface area (Å²) < 4.78 is 28.0. The molecule has 0 aromatic heterocycles. The molecule has 0 heterocycles. The van der Waals surface area contributed by atoms with Crippen LogP contribution in [-0.4, -0.2) is 44.4 Å². The second kappa shape index (κ2) is 10.4. The van der Waals surface area contributed by atoms with Gasteiger partial charge in [-0.1, -0.05) is 50.2 Å². The molecule has 0 aliphatic carbocycles. The summed E-state index contributed by atoms with van der Waals surface area (Å²) in [5.41, 5.74) is 1.61. The third kappa shape index (κ3) is 6.89. The van der Waals surface area contributed by atoms with Gasteiger partial charge in [-0.25, -0.2) is 13.1 Å². The Labute approximate surface area is 187 Å². The molecule has 2 aromatic carbocycles. The third-order valence-electron chi connectivity index (χ3n) is 5.10. The largest absolute Gasteiger partial charge is 0.350 e. The van der Waals surface area contributed by atoms with E-state index >= 15 is 0 Å². The van der Waals surface area contributed by atoms with Crippen molar-refractivity contribution in [3.8, 4) is 0 Å². The van der Waals surface area contributed by atoms with Crippen LogP contribution in [0.1, 0.15) is 62.1 Å². The van der Waals surface area contributed by atoms with Crippen LogP contribution >= 0.6 is 0 Å². The molecule has 7 heteroatoms. The van der Waals surface area contributed by atoms with E-state index in [1.54, 1.807) is 26.8 Å². The number of hydrogen-bond donors (Lipinski definition) is 2. The van der Waals surface area contributed by atoms with Crippen LogP contribution in [0.2, 0.25) is 0 Å². The van der Waals surface area contributed by atoms with Crippen molar-refractivity contribution in [2.45, 2.75) is 58.0 Å². The molecule has 2 N–H and O–H groups in total. The number of nitrogens with one attached hydrogen (secondary N) is 2. The second-order valence-corrected chi connectivity index (χ2v) is 10.4. The van der Waals surface area contributed by atoms with Crippen molar-refractivity contribution in [2.24, 2.45) is 0 Å². The lowest BCUT2D eigenvalue weighted by Gasteiger charge is -2.30. The van der Waals surface area contributed by atoms with E-state index in [-0.39, 0.29) is 16.8 Å². The summed E-state index contributed by atoms with van der Waals surface area (Å²) >= 11 is 0. The highest BCUT2D eigenvalue weighted by Crippen LogP contribution is 2.21. The first-order valence-electron chi connectivity index (χ1n) is 10.7. The van der Waals surface area contributed by atoms with E-state index in [2.05, 4.69) is 40.9 Å². The van der Waals surface area contributed by atoms with Gasteiger partial charge in [0.25, 0.3) is 5.91 Å². The molecule has 170 valence electrons. The minimum Gasteiger partial charge on any atom is -0.350 e. The first-order chi connectivity index (χ1) is 14.5. The van der Waals surface area contributed by atoms with Gasteiger partial charge in [0.1, 0.15) is 0 Å². The zero-order valence-electron chi connectivity index (χ0n) is 19.4. The van der Waals surface area contributed by atoms with E-state index in [4.69, 9.17) is 0 Å². The first-order valence-corrected chi connectivity index (χ1v) is 12.2. The molecule has 6 nitrogen and oxygen atoms in total. The second-order valence-electron chi connectivity index (χ2n) is 8.69. The van der Waals surface area contributed by atoms with E-state index < -0.39 is 15.6 Å². The molecular weight excluding hydrogens is 410 g/mol. The number of hydrogen-bond acceptors (Lipinski definition) is 4. The van der Waals surface area contributed by atoms with E-state index in [0.29, 0.717) is 12.1 Å². The standard InChI is InChI=1S/C24H35N3O3S/c1-7-27(8-2)22(19-12-10-9-11-13-19)17-25-23(28)21-16-20(15-14-18(21)3)31(29,30)26-24(4,5)6/h9-16,22,26H,7-8,17H2,1-6H3,(H,25,28). The fourth-order valence-electron chi connectivity index (χ4n) is 3.56. The molecule has 1 atom stereocenters. The van der Waals surface area contributed by atoms with Crippen molar-refractivity contribution < 1.29 is 13.2 Å². The highest BCUT2D eigenvalue weighted by Gasteiger charge is 2.24. The van der Waals surface area contributed by atoms with Gasteiger partial charge in [-0.3, -0.25) is 9.69 Å². The van der Waals surface area contributed by atoms with Crippen molar-refractivity contribution in [3.05, 3.63) is 65.2 Å². The molecule has 0 aliphatic heterocycles. The maximum Gasteiger partial charge on any atom is 0.251 e. The molecule has 0 fully saturated rings. The van der Waals surface area contributed by atoms with E-state index in [1.807, 2.05) is 25.1 Å². The van der Waals surface area contributed by atoms with Crippen molar-refractivity contribution >= 4 is 15.9 Å². The molecule has 1 amide bonds. The zero-order valence-corrected chi connectivity index (χ0v) is 20.2. The average Bonchev–Trinajstić information content (AvgIpc) is 2.70. The number of sulfonamides is 1. The van der Waals surface area contributed by atoms with Crippen molar-refractivity contribution in [1.29, 1.82) is 0 Å². The maximum absolute atomic E-state index is 13.0. The lowest BCUT2D eigenvalue weighted by atomic mass is 10.0. The fourth-order valence-corrected chi connectivity index (χ4v) is 5.00. The quantitative estimate of drug-likeness (QED) is 0.614. The molecular formula is C24H35N3O3S. The summed E-state index contributed by atoms with van der Waals surface area (Å²) in [6, 6.07) is 14.8. The van der Waals surface area contributed by atoms with Gasteiger partial charge in [-0.15, -0.1) is 0 Å². The van der Waals surface area contributed by atoms with Crippen molar-refractivity contribution in [2.75, 3.05) is 19.6 Å². The van der Waals surface area contributed by atoms with Gasteiger partial charge < -0.3 is 5.32 Å². The molecule has 2 aromatic rings. The number of benzene rings is 2. The summed E-state index contributed by atoms with van der Waals surface area (Å²) in [6.45, 7) is 13.5. The molecule has 2 rings (SSSR count). The summed E-state index contributed by atoms with van der Waals surface area (Å²) in [6.07, 6.45) is 0. The highest BCUT2D eigenvalue weighted by molar-refractivity contribution is 7.89. The van der Waals surface area contributed by atoms with Crippen LogP contribution in [0, 0.1) is 6.92 Å². The monoisotopic (exact) mass is 445 g/mol. The Hall–Kier alpha value is -2.22. The van der Waals surface area contributed by atoms with Crippen LogP contribution in [0.15, 0.2) is 53.4 Å². The van der Waals surface area contributed by atoms with Crippen LogP contribution in [-0.2, 0) is 10.0 Å². The van der Waals surface area contributed by atoms with Gasteiger partial charge >= 0.3 is 0 Å². The number of likely N-dealkylation sites (N-methyl/N-ethyl adjacent to an activating group) is 1. The first kappa shape index (κ1) is 25.0. The molecule has 0 radical (unpaired) electrons. The van der Waals surface area contributed by atoms with Gasteiger partial charge in [0, 0.05) is 17.6 Å². The van der Waals surface area contributed by atoms with Crippen molar-refractivity contribution in [3.63, 3.8) is 0 Å². The Balaban J connectivity index is 2.26. The Morgan fingerprint density at radius 3 is 2.19 bits per heavy atom. The molecule has 0 saturated carbocycles. The van der Waals surface area contributed by atoms with Crippen LogP contribution in [0.25, 0.3) is 0 Å². The number of carbonyl (C=O) groups excluding carboxylic acids is 1. The van der Waals surface area contributed by atoms with Crippen LogP contribution in [0.4, 0.5) is 0 Å². The van der Waals surface area contributed by atoms with Gasteiger partial charge in [0.15, 0.2) is 0 Å². The van der Waals surface area contributed by atoms with E-state index in [9.17, 15) is 13.2 Å². The van der Waals surface area contributed by atoms with Gasteiger partial charge in [-0.05, 0) is 64.0 Å². The van der Waals surface area contributed by atoms with E-state index in [0.717, 1.165) is 24.2 Å². The third-order valence-corrected chi connectivity index (χ3v) is 6.85. The number of rotatable bonds is 9.